The SMILES string of the molecule is Cc1ccc(C(=O)O)c(Oc2nc(Oc3cccc(-c4cccc(CN)c4)c3)c(F)c(C(=O)NC3CCNCC3)c2F)c1. The van der Waals surface area contributed by atoms with Crippen LogP contribution in [0.25, 0.3) is 11.1 Å². The highest BCUT2D eigenvalue weighted by molar-refractivity contribution is 5.96. The average molecular weight is 589 g/mol. The van der Waals surface area contributed by atoms with Crippen LogP contribution in [0, 0.1) is 18.6 Å². The summed E-state index contributed by atoms with van der Waals surface area (Å²) in [7, 11) is 0. The number of carboxylic acids is 1. The van der Waals surface area contributed by atoms with E-state index in [1.807, 2.05) is 30.3 Å². The predicted octanol–water partition coefficient (Wildman–Crippen LogP) is 5.56. The maximum Gasteiger partial charge on any atom is 0.339 e. The molecule has 0 aliphatic carbocycles. The molecule has 1 aliphatic rings. The second-order valence-corrected chi connectivity index (χ2v) is 10.2. The van der Waals surface area contributed by atoms with Gasteiger partial charge in [-0.05, 0) is 85.4 Å². The van der Waals surface area contributed by atoms with E-state index in [-0.39, 0.29) is 23.1 Å². The molecule has 0 atom stereocenters. The highest BCUT2D eigenvalue weighted by Crippen LogP contribution is 2.35. The van der Waals surface area contributed by atoms with E-state index in [1.54, 1.807) is 31.2 Å². The Bertz CT molecular complexity index is 1670. The van der Waals surface area contributed by atoms with Crippen LogP contribution in [-0.2, 0) is 6.54 Å². The number of hydrogen-bond acceptors (Lipinski definition) is 7. The van der Waals surface area contributed by atoms with Gasteiger partial charge in [-0.1, -0.05) is 36.4 Å². The third-order valence-corrected chi connectivity index (χ3v) is 7.04. The third-order valence-electron chi connectivity index (χ3n) is 7.04. The highest BCUT2D eigenvalue weighted by atomic mass is 19.1. The number of nitrogens with two attached hydrogens (primary N) is 1. The summed E-state index contributed by atoms with van der Waals surface area (Å²) < 4.78 is 43.1. The number of ether oxygens (including phenoxy) is 2. The summed E-state index contributed by atoms with van der Waals surface area (Å²) in [5, 5.41) is 15.5. The summed E-state index contributed by atoms with van der Waals surface area (Å²) in [5.41, 5.74) is 7.67. The molecule has 43 heavy (non-hydrogen) atoms. The molecule has 0 spiro atoms. The van der Waals surface area contributed by atoms with Crippen molar-refractivity contribution in [2.75, 3.05) is 13.1 Å². The number of aromatic nitrogens is 1. The Kier molecular flexibility index (Phi) is 8.93. The number of carbonyl (C=O) groups excluding carboxylic acids is 1. The van der Waals surface area contributed by atoms with Crippen molar-refractivity contribution in [1.29, 1.82) is 0 Å². The van der Waals surface area contributed by atoms with Crippen LogP contribution in [0.5, 0.6) is 23.3 Å². The number of amides is 1. The number of nitrogens with one attached hydrogen (secondary N) is 2. The molecular formula is C32H30F2N4O5. The number of hydrogen-bond donors (Lipinski definition) is 4. The molecular weight excluding hydrogens is 558 g/mol. The van der Waals surface area contributed by atoms with Gasteiger partial charge in [-0.3, -0.25) is 4.79 Å². The van der Waals surface area contributed by atoms with Crippen molar-refractivity contribution in [2.24, 2.45) is 5.73 Å². The molecule has 11 heteroatoms. The van der Waals surface area contributed by atoms with Crippen LogP contribution in [0.15, 0.2) is 66.7 Å². The fourth-order valence-corrected chi connectivity index (χ4v) is 4.78. The largest absolute Gasteiger partial charge is 0.478 e. The molecule has 2 heterocycles. The zero-order chi connectivity index (χ0) is 30.5. The molecule has 1 amide bonds. The Morgan fingerprint density at radius 3 is 2.35 bits per heavy atom. The van der Waals surface area contributed by atoms with E-state index in [9.17, 15) is 14.7 Å². The Labute approximate surface area is 246 Å². The van der Waals surface area contributed by atoms with E-state index < -0.39 is 40.8 Å². The smallest absolute Gasteiger partial charge is 0.339 e. The second kappa shape index (κ2) is 13.0. The summed E-state index contributed by atoms with van der Waals surface area (Å²) in [6.45, 7) is 3.33. The van der Waals surface area contributed by atoms with E-state index in [0.29, 0.717) is 38.0 Å². The molecule has 5 rings (SSSR count). The van der Waals surface area contributed by atoms with Crippen LogP contribution in [0.4, 0.5) is 8.78 Å². The number of halogens is 2. The highest BCUT2D eigenvalue weighted by Gasteiger charge is 2.30. The van der Waals surface area contributed by atoms with Crippen LogP contribution >= 0.6 is 0 Å². The summed E-state index contributed by atoms with van der Waals surface area (Å²) in [6.07, 6.45) is 1.16. The Hall–Kier alpha value is -4.87. The molecule has 0 unspecified atom stereocenters. The minimum absolute atomic E-state index is 0.158. The molecule has 0 bridgehead atoms. The van der Waals surface area contributed by atoms with E-state index in [4.69, 9.17) is 15.2 Å². The first-order valence-electron chi connectivity index (χ1n) is 13.7. The van der Waals surface area contributed by atoms with Crippen LogP contribution < -0.4 is 25.8 Å². The number of aromatic carboxylic acids is 1. The summed E-state index contributed by atoms with van der Waals surface area (Å²) in [4.78, 5) is 29.0. The molecule has 9 nitrogen and oxygen atoms in total. The minimum atomic E-state index is -1.39. The van der Waals surface area contributed by atoms with E-state index in [1.165, 1.54) is 12.1 Å². The van der Waals surface area contributed by atoms with Gasteiger partial charge in [0.1, 0.15) is 22.6 Å². The minimum Gasteiger partial charge on any atom is -0.478 e. The van der Waals surface area contributed by atoms with Gasteiger partial charge in [-0.2, -0.15) is 13.8 Å². The first kappa shape index (κ1) is 29.6. The fourth-order valence-electron chi connectivity index (χ4n) is 4.78. The van der Waals surface area contributed by atoms with Gasteiger partial charge in [0.2, 0.25) is 11.6 Å². The lowest BCUT2D eigenvalue weighted by molar-refractivity contribution is 0.0693. The summed E-state index contributed by atoms with van der Waals surface area (Å²) >= 11 is 0. The lowest BCUT2D eigenvalue weighted by atomic mass is 10.0. The number of benzene rings is 3. The predicted molar refractivity (Wildman–Crippen MR) is 156 cm³/mol. The van der Waals surface area contributed by atoms with Gasteiger partial charge < -0.3 is 30.9 Å². The zero-order valence-electron chi connectivity index (χ0n) is 23.3. The van der Waals surface area contributed by atoms with Crippen molar-refractivity contribution in [1.82, 2.24) is 15.6 Å². The topological polar surface area (TPSA) is 136 Å². The van der Waals surface area contributed by atoms with E-state index >= 15 is 8.78 Å². The second-order valence-electron chi connectivity index (χ2n) is 10.2. The lowest BCUT2D eigenvalue weighted by Crippen LogP contribution is -2.43. The van der Waals surface area contributed by atoms with Gasteiger partial charge in [0, 0.05) is 12.6 Å². The quantitative estimate of drug-likeness (QED) is 0.200. The molecule has 222 valence electrons. The maximum absolute atomic E-state index is 15.9. The van der Waals surface area contributed by atoms with E-state index in [0.717, 1.165) is 16.7 Å². The summed E-state index contributed by atoms with van der Waals surface area (Å²) in [5.74, 6) is -6.65. The van der Waals surface area contributed by atoms with Crippen LogP contribution in [-0.4, -0.2) is 41.1 Å². The Balaban J connectivity index is 1.56. The number of piperidine rings is 1. The number of nitrogens with zero attached hydrogens (tertiary/aromatic N) is 1. The fraction of sp³-hybridized carbons (Fsp3) is 0.219. The maximum atomic E-state index is 15.9. The van der Waals surface area contributed by atoms with Crippen molar-refractivity contribution in [3.05, 3.63) is 101 Å². The van der Waals surface area contributed by atoms with E-state index in [2.05, 4.69) is 15.6 Å². The number of rotatable bonds is 9. The first-order chi connectivity index (χ1) is 20.7. The van der Waals surface area contributed by atoms with Gasteiger partial charge in [-0.15, -0.1) is 0 Å². The standard InChI is InChI=1S/C32H30F2N4O5/c1-18-8-9-24(32(40)41)25(14-18)43-31-28(34)26(29(39)37-22-10-12-36-13-11-22)27(33)30(38-31)42-23-7-3-6-21(16-23)20-5-2-4-19(15-20)17-35/h2-9,14-16,22,36H,10-13,17,35H2,1H3,(H,37,39)(H,40,41). The van der Waals surface area contributed by atoms with Crippen molar-refractivity contribution < 1.29 is 33.0 Å². The first-order valence-corrected chi connectivity index (χ1v) is 13.7. The molecule has 1 saturated heterocycles. The molecule has 0 radical (unpaired) electrons. The van der Waals surface area contributed by atoms with Crippen molar-refractivity contribution in [3.63, 3.8) is 0 Å². The van der Waals surface area contributed by atoms with Crippen LogP contribution in [0.1, 0.15) is 44.7 Å². The van der Waals surface area contributed by atoms with Crippen molar-refractivity contribution in [2.45, 2.75) is 32.4 Å². The zero-order valence-corrected chi connectivity index (χ0v) is 23.3. The number of aryl methyl sites for hydroxylation is 1. The van der Waals surface area contributed by atoms with Gasteiger partial charge in [0.15, 0.2) is 0 Å². The molecule has 3 aromatic carbocycles. The number of pyridine rings is 1. The van der Waals surface area contributed by atoms with Crippen LogP contribution in [0.3, 0.4) is 0 Å². The van der Waals surface area contributed by atoms with Crippen LogP contribution in [0.2, 0.25) is 0 Å². The normalized spacial score (nSPS) is 13.4. The molecule has 5 N–H and O–H groups in total. The molecule has 0 saturated carbocycles. The molecule has 1 fully saturated rings. The van der Waals surface area contributed by atoms with Gasteiger partial charge in [0.25, 0.3) is 17.7 Å². The summed E-state index contributed by atoms with van der Waals surface area (Å²) in [6, 6.07) is 18.2. The monoisotopic (exact) mass is 588 g/mol. The van der Waals surface area contributed by atoms with Gasteiger partial charge in [-0.25, -0.2) is 4.79 Å². The lowest BCUT2D eigenvalue weighted by Gasteiger charge is -2.24. The van der Waals surface area contributed by atoms with Crippen molar-refractivity contribution >= 4 is 11.9 Å². The van der Waals surface area contributed by atoms with Crippen molar-refractivity contribution in [3.8, 4) is 34.4 Å². The number of carboxylic acid groups (broad SMARTS) is 1. The molecule has 4 aromatic rings. The average Bonchev–Trinajstić information content (AvgIpc) is 3.00. The van der Waals surface area contributed by atoms with Gasteiger partial charge >= 0.3 is 5.97 Å². The molecule has 1 aromatic heterocycles. The Morgan fingerprint density at radius 2 is 1.65 bits per heavy atom. The third kappa shape index (κ3) is 6.79. The molecule has 1 aliphatic heterocycles. The Morgan fingerprint density at radius 1 is 0.977 bits per heavy atom. The number of carbonyl (C=O) groups is 2. The van der Waals surface area contributed by atoms with Gasteiger partial charge in [0.05, 0.1) is 0 Å².